The van der Waals surface area contributed by atoms with E-state index >= 15 is 0 Å². The molecule has 0 N–H and O–H groups in total. The second kappa shape index (κ2) is 11.5. The number of ketones is 1. The maximum absolute atomic E-state index is 12.9. The second-order valence-electron chi connectivity index (χ2n) is 6.87. The van der Waals surface area contributed by atoms with Crippen LogP contribution in [-0.2, 0) is 33.3 Å². The molecule has 8 nitrogen and oxygen atoms in total. The number of allylic oxidation sites excluding steroid dienone is 1. The number of hydrogen-bond donors (Lipinski definition) is 0. The number of carbonyl (C=O) groups is 3. The fourth-order valence-corrected chi connectivity index (χ4v) is 3.52. The number of ether oxygens (including phenoxy) is 5. The van der Waals surface area contributed by atoms with E-state index in [4.69, 9.17) is 23.7 Å². The molecule has 0 aromatic heterocycles. The van der Waals surface area contributed by atoms with Gasteiger partial charge in [-0.05, 0) is 30.7 Å². The molecule has 0 spiro atoms. The van der Waals surface area contributed by atoms with Gasteiger partial charge in [0.05, 0.1) is 26.2 Å². The van der Waals surface area contributed by atoms with Gasteiger partial charge in [0.25, 0.3) is 0 Å². The van der Waals surface area contributed by atoms with E-state index in [0.29, 0.717) is 16.9 Å². The summed E-state index contributed by atoms with van der Waals surface area (Å²) in [6.45, 7) is 2.20. The minimum atomic E-state index is -1.18. The normalized spacial score (nSPS) is 21.0. The lowest BCUT2D eigenvalue weighted by molar-refractivity contribution is -0.156. The van der Waals surface area contributed by atoms with E-state index in [0.717, 1.165) is 0 Å². The molecule has 1 aliphatic rings. The van der Waals surface area contributed by atoms with E-state index in [1.807, 2.05) is 0 Å². The van der Waals surface area contributed by atoms with E-state index in [9.17, 15) is 14.4 Å². The topological polar surface area (TPSA) is 97.4 Å². The summed E-state index contributed by atoms with van der Waals surface area (Å²) in [5, 5.41) is 0. The lowest BCUT2D eigenvalue weighted by Crippen LogP contribution is -2.42. The van der Waals surface area contributed by atoms with Gasteiger partial charge in [-0.25, -0.2) is 0 Å². The number of benzene rings is 1. The molecule has 0 saturated heterocycles. The highest BCUT2D eigenvalue weighted by atomic mass is 16.6. The Kier molecular flexibility index (Phi) is 9.01. The van der Waals surface area contributed by atoms with Crippen molar-refractivity contribution >= 4 is 17.7 Å². The van der Waals surface area contributed by atoms with Gasteiger partial charge < -0.3 is 23.7 Å². The second-order valence-corrected chi connectivity index (χ2v) is 6.87. The zero-order valence-electron chi connectivity index (χ0n) is 17.7. The quantitative estimate of drug-likeness (QED) is 0.322. The number of rotatable bonds is 10. The first kappa shape index (κ1) is 23.6. The first-order valence-corrected chi connectivity index (χ1v) is 9.61. The van der Waals surface area contributed by atoms with Crippen molar-refractivity contribution in [3.63, 3.8) is 0 Å². The maximum atomic E-state index is 12.9. The summed E-state index contributed by atoms with van der Waals surface area (Å²) in [4.78, 5) is 38.6. The summed E-state index contributed by atoms with van der Waals surface area (Å²) in [5.41, 5.74) is 1.13. The third-order valence-electron chi connectivity index (χ3n) is 4.94. The molecule has 1 aromatic rings. The molecular weight excluding hydrogens is 392 g/mol. The first-order chi connectivity index (χ1) is 14.4. The summed E-state index contributed by atoms with van der Waals surface area (Å²) in [7, 11) is 4.50. The van der Waals surface area contributed by atoms with Crippen molar-refractivity contribution in [1.82, 2.24) is 0 Å². The van der Waals surface area contributed by atoms with Crippen LogP contribution < -0.4 is 4.74 Å². The number of methoxy groups -OCH3 is 3. The van der Waals surface area contributed by atoms with Gasteiger partial charge in [0.15, 0.2) is 5.78 Å². The molecular formula is C22H28O8. The highest BCUT2D eigenvalue weighted by Crippen LogP contribution is 2.42. The number of carbonyl (C=O) groups excluding carboxylic acids is 3. The summed E-state index contributed by atoms with van der Waals surface area (Å²) < 4.78 is 25.7. The Morgan fingerprint density at radius 3 is 2.07 bits per heavy atom. The van der Waals surface area contributed by atoms with Crippen molar-refractivity contribution in [3.8, 4) is 5.75 Å². The van der Waals surface area contributed by atoms with Crippen LogP contribution in [0.25, 0.3) is 0 Å². The molecule has 0 heterocycles. The van der Waals surface area contributed by atoms with E-state index in [2.05, 4.69) is 0 Å². The maximum Gasteiger partial charge on any atom is 0.317 e. The molecule has 30 heavy (non-hydrogen) atoms. The van der Waals surface area contributed by atoms with Gasteiger partial charge in [-0.1, -0.05) is 17.7 Å². The zero-order valence-corrected chi connectivity index (χ0v) is 17.7. The van der Waals surface area contributed by atoms with Crippen molar-refractivity contribution in [2.24, 2.45) is 11.8 Å². The number of hydrogen-bond acceptors (Lipinski definition) is 8. The van der Waals surface area contributed by atoms with Gasteiger partial charge >= 0.3 is 11.9 Å². The lowest BCUT2D eigenvalue weighted by atomic mass is 9.68. The summed E-state index contributed by atoms with van der Waals surface area (Å²) in [5.74, 6) is -3.90. The van der Waals surface area contributed by atoms with Gasteiger partial charge in [0, 0.05) is 20.1 Å². The molecule has 0 fully saturated rings. The smallest absolute Gasteiger partial charge is 0.317 e. The lowest BCUT2D eigenvalue weighted by Gasteiger charge is -2.34. The molecule has 3 unspecified atom stereocenters. The zero-order chi connectivity index (χ0) is 22.1. The molecule has 164 valence electrons. The van der Waals surface area contributed by atoms with Crippen molar-refractivity contribution < 1.29 is 38.1 Å². The van der Waals surface area contributed by atoms with E-state index < -0.39 is 35.5 Å². The average molecular weight is 420 g/mol. The highest BCUT2D eigenvalue weighted by molar-refractivity contribution is 6.08. The summed E-state index contributed by atoms with van der Waals surface area (Å²) in [6, 6.07) is 6.95. The average Bonchev–Trinajstić information content (AvgIpc) is 2.73. The predicted octanol–water partition coefficient (Wildman–Crippen LogP) is 1.92. The monoisotopic (exact) mass is 420 g/mol. The van der Waals surface area contributed by atoms with Gasteiger partial charge in [-0.3, -0.25) is 14.4 Å². The van der Waals surface area contributed by atoms with Crippen LogP contribution >= 0.6 is 0 Å². The molecule has 0 bridgehead atoms. The minimum absolute atomic E-state index is 0.00952. The summed E-state index contributed by atoms with van der Waals surface area (Å²) in [6.07, 6.45) is 1.32. The largest absolute Gasteiger partial charge is 0.497 e. The van der Waals surface area contributed by atoms with E-state index in [1.165, 1.54) is 27.4 Å². The van der Waals surface area contributed by atoms with Gasteiger partial charge in [-0.15, -0.1) is 0 Å². The van der Waals surface area contributed by atoms with Gasteiger partial charge in [0.1, 0.15) is 24.9 Å². The Hall–Kier alpha value is -2.71. The molecule has 0 saturated carbocycles. The Labute approximate surface area is 176 Å². The Bertz CT molecular complexity index is 785. The first-order valence-electron chi connectivity index (χ1n) is 9.61. The molecule has 2 rings (SSSR count). The third kappa shape index (κ3) is 5.67. The van der Waals surface area contributed by atoms with Crippen molar-refractivity contribution in [1.29, 1.82) is 0 Å². The van der Waals surface area contributed by atoms with Crippen LogP contribution in [0, 0.1) is 11.8 Å². The van der Waals surface area contributed by atoms with Crippen molar-refractivity contribution in [2.75, 3.05) is 47.8 Å². The van der Waals surface area contributed by atoms with Crippen LogP contribution in [0.5, 0.6) is 5.75 Å². The van der Waals surface area contributed by atoms with Crippen molar-refractivity contribution in [3.05, 3.63) is 41.5 Å². The molecule has 1 aliphatic carbocycles. The van der Waals surface area contributed by atoms with Crippen LogP contribution in [0.15, 0.2) is 35.9 Å². The molecule has 3 atom stereocenters. The predicted molar refractivity (Wildman–Crippen MR) is 107 cm³/mol. The SMILES string of the molecule is COCCOC(=O)C1C(=O)C=C(C)C(C(=O)OCCOC)C1c1cccc(OC)c1. The standard InChI is InChI=1S/C22H28O8/c1-14-12-17(23)20(22(25)30-11-9-27-3)19(15-6-5-7-16(13-15)28-4)18(14)21(24)29-10-8-26-2/h5-7,12-13,18-20H,8-11H2,1-4H3. The minimum Gasteiger partial charge on any atom is -0.497 e. The Morgan fingerprint density at radius 1 is 0.900 bits per heavy atom. The van der Waals surface area contributed by atoms with Gasteiger partial charge in [0.2, 0.25) is 0 Å². The molecule has 0 radical (unpaired) electrons. The van der Waals surface area contributed by atoms with E-state index in [1.54, 1.807) is 31.2 Å². The van der Waals surface area contributed by atoms with Crippen LogP contribution in [-0.4, -0.2) is 65.5 Å². The van der Waals surface area contributed by atoms with Gasteiger partial charge in [-0.2, -0.15) is 0 Å². The molecule has 0 aliphatic heterocycles. The third-order valence-corrected chi connectivity index (χ3v) is 4.94. The number of esters is 2. The van der Waals surface area contributed by atoms with Crippen LogP contribution in [0.4, 0.5) is 0 Å². The van der Waals surface area contributed by atoms with Crippen LogP contribution in [0.2, 0.25) is 0 Å². The van der Waals surface area contributed by atoms with Crippen LogP contribution in [0.1, 0.15) is 18.4 Å². The van der Waals surface area contributed by atoms with Crippen molar-refractivity contribution in [2.45, 2.75) is 12.8 Å². The Balaban J connectivity index is 2.46. The highest BCUT2D eigenvalue weighted by Gasteiger charge is 2.47. The van der Waals surface area contributed by atoms with E-state index in [-0.39, 0.29) is 26.4 Å². The fraction of sp³-hybridized carbons (Fsp3) is 0.500. The Morgan fingerprint density at radius 2 is 1.50 bits per heavy atom. The molecule has 8 heteroatoms. The van der Waals surface area contributed by atoms with Crippen LogP contribution in [0.3, 0.4) is 0 Å². The summed E-state index contributed by atoms with van der Waals surface area (Å²) >= 11 is 0. The molecule has 0 amide bonds. The molecule has 1 aromatic carbocycles. The fourth-order valence-electron chi connectivity index (χ4n) is 3.52.